The van der Waals surface area contributed by atoms with Gasteiger partial charge in [0.25, 0.3) is 0 Å². The van der Waals surface area contributed by atoms with Gasteiger partial charge in [-0.25, -0.2) is 0 Å². The fourth-order valence-electron chi connectivity index (χ4n) is 4.63. The predicted octanol–water partition coefficient (Wildman–Crippen LogP) is 4.56. The molecule has 1 amide bonds. The molecule has 7 heteroatoms. The minimum atomic E-state index is -0.386. The summed E-state index contributed by atoms with van der Waals surface area (Å²) in [7, 11) is 0. The van der Waals surface area contributed by atoms with E-state index in [9.17, 15) is 4.79 Å². The SMILES string of the molecule is CC(C)C[C@H](N[C@@H](c1ccc(-c2ccc(N3CCNCC3)cc2)cc1)c1cccs1)C(=O)NCC#N. The standard InChI is InChI=1S/C29H35N5OS/c1-21(2)20-26(29(35)32-14-13-30)33-28(27-4-3-19-36-27)24-7-5-22(6-8-24)23-9-11-25(12-10-23)34-17-15-31-16-18-34/h3-12,19,21,26,28,31,33H,14-18,20H2,1-2H3,(H,32,35)/t26-,28-/m0/s1. The van der Waals surface area contributed by atoms with Crippen LogP contribution in [-0.2, 0) is 4.79 Å². The van der Waals surface area contributed by atoms with Crippen molar-refractivity contribution in [3.8, 4) is 17.2 Å². The summed E-state index contributed by atoms with van der Waals surface area (Å²) in [6, 6.07) is 23.1. The Hall–Kier alpha value is -3.18. The minimum absolute atomic E-state index is 0.0148. The van der Waals surface area contributed by atoms with Gasteiger partial charge in [0.1, 0.15) is 6.54 Å². The summed E-state index contributed by atoms with van der Waals surface area (Å²) in [5.41, 5.74) is 4.74. The molecule has 0 aliphatic carbocycles. The fourth-order valence-corrected chi connectivity index (χ4v) is 5.44. The van der Waals surface area contributed by atoms with Gasteiger partial charge < -0.3 is 15.5 Å². The van der Waals surface area contributed by atoms with Crippen molar-refractivity contribution < 1.29 is 4.79 Å². The number of hydrogen-bond donors (Lipinski definition) is 3. The Morgan fingerprint density at radius 1 is 1.06 bits per heavy atom. The molecule has 0 radical (unpaired) electrons. The monoisotopic (exact) mass is 501 g/mol. The first-order chi connectivity index (χ1) is 17.5. The highest BCUT2D eigenvalue weighted by Gasteiger charge is 2.25. The summed E-state index contributed by atoms with van der Waals surface area (Å²) in [4.78, 5) is 16.4. The maximum Gasteiger partial charge on any atom is 0.237 e. The lowest BCUT2D eigenvalue weighted by molar-refractivity contribution is -0.123. The summed E-state index contributed by atoms with van der Waals surface area (Å²) < 4.78 is 0. The number of nitrogens with one attached hydrogen (secondary N) is 3. The highest BCUT2D eigenvalue weighted by atomic mass is 32.1. The predicted molar refractivity (Wildman–Crippen MR) is 148 cm³/mol. The number of rotatable bonds is 10. The molecular weight excluding hydrogens is 466 g/mol. The van der Waals surface area contributed by atoms with E-state index in [0.717, 1.165) is 36.6 Å². The van der Waals surface area contributed by atoms with Gasteiger partial charge in [-0.3, -0.25) is 10.1 Å². The zero-order valence-electron chi connectivity index (χ0n) is 21.0. The van der Waals surface area contributed by atoms with Crippen LogP contribution in [0.2, 0.25) is 0 Å². The molecule has 1 aromatic heterocycles. The van der Waals surface area contributed by atoms with Crippen molar-refractivity contribution in [3.63, 3.8) is 0 Å². The van der Waals surface area contributed by atoms with Crippen LogP contribution in [0.4, 0.5) is 5.69 Å². The molecule has 188 valence electrons. The third-order valence-corrected chi connectivity index (χ3v) is 7.42. The van der Waals surface area contributed by atoms with Crippen LogP contribution in [0.3, 0.4) is 0 Å². The number of thiophene rings is 1. The van der Waals surface area contributed by atoms with Crippen molar-refractivity contribution in [2.45, 2.75) is 32.4 Å². The van der Waals surface area contributed by atoms with E-state index >= 15 is 0 Å². The second-order valence-corrected chi connectivity index (χ2v) is 10.6. The molecule has 1 fully saturated rings. The lowest BCUT2D eigenvalue weighted by atomic mass is 9.97. The first kappa shape index (κ1) is 25.9. The fraction of sp³-hybridized carbons (Fsp3) is 0.379. The van der Waals surface area contributed by atoms with E-state index in [-0.39, 0.29) is 24.5 Å². The number of piperazine rings is 1. The second-order valence-electron chi connectivity index (χ2n) is 9.58. The van der Waals surface area contributed by atoms with E-state index in [1.165, 1.54) is 16.8 Å². The van der Waals surface area contributed by atoms with E-state index in [2.05, 4.69) is 94.7 Å². The first-order valence-electron chi connectivity index (χ1n) is 12.7. The molecule has 0 saturated carbocycles. The molecule has 2 heterocycles. The highest BCUT2D eigenvalue weighted by Crippen LogP contribution is 2.30. The lowest BCUT2D eigenvalue weighted by Crippen LogP contribution is -2.46. The molecule has 1 aliphatic rings. The zero-order valence-corrected chi connectivity index (χ0v) is 21.9. The molecule has 6 nitrogen and oxygen atoms in total. The van der Waals surface area contributed by atoms with Gasteiger partial charge in [-0.05, 0) is 52.6 Å². The minimum Gasteiger partial charge on any atom is -0.369 e. The summed E-state index contributed by atoms with van der Waals surface area (Å²) in [6.45, 7) is 8.36. The largest absolute Gasteiger partial charge is 0.369 e. The first-order valence-corrected chi connectivity index (χ1v) is 13.5. The Morgan fingerprint density at radius 2 is 1.72 bits per heavy atom. The van der Waals surface area contributed by atoms with Crippen LogP contribution in [0, 0.1) is 17.2 Å². The van der Waals surface area contributed by atoms with Gasteiger partial charge in [-0.2, -0.15) is 5.26 Å². The average Bonchev–Trinajstić information content (AvgIpc) is 3.45. The number of benzene rings is 2. The highest BCUT2D eigenvalue weighted by molar-refractivity contribution is 7.10. The molecule has 2 aromatic carbocycles. The summed E-state index contributed by atoms with van der Waals surface area (Å²) in [5, 5.41) is 20.7. The van der Waals surface area contributed by atoms with Gasteiger partial charge in [0, 0.05) is 36.7 Å². The number of nitriles is 1. The Morgan fingerprint density at radius 3 is 2.31 bits per heavy atom. The maximum absolute atomic E-state index is 12.8. The third-order valence-electron chi connectivity index (χ3n) is 6.49. The maximum atomic E-state index is 12.8. The van der Waals surface area contributed by atoms with E-state index in [0.29, 0.717) is 12.3 Å². The van der Waals surface area contributed by atoms with Gasteiger partial charge in [0.15, 0.2) is 0 Å². The molecule has 0 bridgehead atoms. The third kappa shape index (κ3) is 6.73. The van der Waals surface area contributed by atoms with E-state index in [1.54, 1.807) is 11.3 Å². The van der Waals surface area contributed by atoms with Crippen molar-refractivity contribution in [1.82, 2.24) is 16.0 Å². The van der Waals surface area contributed by atoms with Gasteiger partial charge in [-0.1, -0.05) is 56.3 Å². The Bertz CT molecular complexity index is 1130. The Balaban J connectivity index is 1.53. The van der Waals surface area contributed by atoms with Crippen molar-refractivity contribution in [3.05, 3.63) is 76.5 Å². The molecule has 0 spiro atoms. The topological polar surface area (TPSA) is 80.2 Å². The summed E-state index contributed by atoms with van der Waals surface area (Å²) >= 11 is 1.68. The van der Waals surface area contributed by atoms with Gasteiger partial charge in [-0.15, -0.1) is 11.3 Å². The van der Waals surface area contributed by atoms with Crippen molar-refractivity contribution in [2.24, 2.45) is 5.92 Å². The normalized spacial score (nSPS) is 15.3. The Labute approximate surface area is 218 Å². The van der Waals surface area contributed by atoms with Crippen LogP contribution in [0.5, 0.6) is 0 Å². The van der Waals surface area contributed by atoms with Crippen LogP contribution < -0.4 is 20.9 Å². The average molecular weight is 502 g/mol. The molecule has 3 aromatic rings. The van der Waals surface area contributed by atoms with Gasteiger partial charge >= 0.3 is 0 Å². The van der Waals surface area contributed by atoms with Gasteiger partial charge in [0.05, 0.1) is 18.2 Å². The van der Waals surface area contributed by atoms with Crippen molar-refractivity contribution in [2.75, 3.05) is 37.6 Å². The van der Waals surface area contributed by atoms with Crippen molar-refractivity contribution in [1.29, 1.82) is 5.26 Å². The molecule has 1 saturated heterocycles. The smallest absolute Gasteiger partial charge is 0.237 e. The number of hydrogen-bond acceptors (Lipinski definition) is 6. The Kier molecular flexibility index (Phi) is 9.12. The molecule has 0 unspecified atom stereocenters. The van der Waals surface area contributed by atoms with E-state index in [1.807, 2.05) is 12.1 Å². The molecule has 36 heavy (non-hydrogen) atoms. The van der Waals surface area contributed by atoms with Crippen LogP contribution in [0.25, 0.3) is 11.1 Å². The van der Waals surface area contributed by atoms with Crippen LogP contribution in [0.1, 0.15) is 36.8 Å². The zero-order chi connectivity index (χ0) is 25.3. The van der Waals surface area contributed by atoms with Crippen LogP contribution in [0.15, 0.2) is 66.0 Å². The lowest BCUT2D eigenvalue weighted by Gasteiger charge is -2.29. The van der Waals surface area contributed by atoms with Crippen molar-refractivity contribution >= 4 is 22.9 Å². The van der Waals surface area contributed by atoms with Crippen LogP contribution >= 0.6 is 11.3 Å². The quantitative estimate of drug-likeness (QED) is 0.355. The van der Waals surface area contributed by atoms with Crippen LogP contribution in [-0.4, -0.2) is 44.7 Å². The number of amides is 1. The number of carbonyl (C=O) groups is 1. The molecule has 3 N–H and O–H groups in total. The molecular formula is C29H35N5OS. The van der Waals surface area contributed by atoms with E-state index in [4.69, 9.17) is 5.26 Å². The number of nitrogens with zero attached hydrogens (tertiary/aromatic N) is 2. The van der Waals surface area contributed by atoms with E-state index < -0.39 is 0 Å². The second kappa shape index (κ2) is 12.7. The summed E-state index contributed by atoms with van der Waals surface area (Å²) in [6.07, 6.45) is 0.691. The number of carbonyl (C=O) groups excluding carboxylic acids is 1. The molecule has 2 atom stereocenters. The molecule has 4 rings (SSSR count). The summed E-state index contributed by atoms with van der Waals surface area (Å²) in [5.74, 6) is 0.207. The number of anilines is 1. The molecule has 1 aliphatic heterocycles. The van der Waals surface area contributed by atoms with Gasteiger partial charge in [0.2, 0.25) is 5.91 Å².